The zero-order valence-electron chi connectivity index (χ0n) is 2.14. The van der Waals surface area contributed by atoms with Gasteiger partial charge in [0.25, 0.3) is 0 Å². The summed E-state index contributed by atoms with van der Waals surface area (Å²) < 4.78 is 0. The topological polar surface area (TPSA) is 28.5 Å². The predicted octanol–water partition coefficient (Wildman–Crippen LogP) is -0.0657. The average Bonchev–Trinajstić information content (AvgIpc) is 0. The van der Waals surface area contributed by atoms with Crippen molar-refractivity contribution >= 4 is 9.90 Å². The SMILES string of the molecule is P.[O-2].[V].[Y+3]. The van der Waals surface area contributed by atoms with Crippen molar-refractivity contribution in [1.29, 1.82) is 0 Å². The average molecular weight is 190 g/mol. The summed E-state index contributed by atoms with van der Waals surface area (Å²) in [5.41, 5.74) is 0. The van der Waals surface area contributed by atoms with Crippen LogP contribution in [0.5, 0.6) is 0 Å². The van der Waals surface area contributed by atoms with Crippen molar-refractivity contribution in [3.63, 3.8) is 0 Å². The Bertz CT molecular complexity index is 8.00. The zero-order valence-corrected chi connectivity index (χ0v) is 7.79. The second kappa shape index (κ2) is 19.6. The van der Waals surface area contributed by atoms with E-state index in [1.807, 2.05) is 0 Å². The van der Waals surface area contributed by atoms with Gasteiger partial charge in [-0.1, -0.05) is 0 Å². The Morgan fingerprint density at radius 1 is 1.00 bits per heavy atom. The fraction of sp³-hybridized carbons (Fsp3) is 0. The quantitative estimate of drug-likeness (QED) is 0.478. The molecule has 1 unspecified atom stereocenters. The van der Waals surface area contributed by atoms with Gasteiger partial charge in [0, 0.05) is 18.6 Å². The van der Waals surface area contributed by atoms with Crippen LogP contribution >= 0.6 is 9.90 Å². The maximum Gasteiger partial charge on any atom is 3.00 e. The Kier molecular flexibility index (Phi) is 177. The van der Waals surface area contributed by atoms with Crippen LogP contribution in [-0.4, -0.2) is 0 Å². The monoisotopic (exact) mass is 190 g/mol. The largest absolute Gasteiger partial charge is 3.00 e. The fourth-order valence-electron chi connectivity index (χ4n) is 0. The minimum atomic E-state index is 0. The van der Waals surface area contributed by atoms with Crippen LogP contribution in [0.15, 0.2) is 0 Å². The van der Waals surface area contributed by atoms with Crippen molar-refractivity contribution in [1.82, 2.24) is 0 Å². The summed E-state index contributed by atoms with van der Waals surface area (Å²) in [4.78, 5) is 0. The minimum Gasteiger partial charge on any atom is -2.00 e. The van der Waals surface area contributed by atoms with E-state index in [1.54, 1.807) is 0 Å². The van der Waals surface area contributed by atoms with E-state index < -0.39 is 0 Å². The van der Waals surface area contributed by atoms with Gasteiger partial charge in [0.2, 0.25) is 0 Å². The molecule has 0 aromatic carbocycles. The van der Waals surface area contributed by atoms with Gasteiger partial charge in [-0.2, -0.15) is 9.90 Å². The third-order valence-corrected chi connectivity index (χ3v) is 0. The molecule has 0 N–H and O–H groups in total. The Hall–Kier alpha value is 2.08. The molecule has 0 rings (SSSR count). The van der Waals surface area contributed by atoms with Crippen molar-refractivity contribution in [3.05, 3.63) is 0 Å². The van der Waals surface area contributed by atoms with Gasteiger partial charge in [-0.3, -0.25) is 0 Å². The summed E-state index contributed by atoms with van der Waals surface area (Å²) in [6.07, 6.45) is 0. The summed E-state index contributed by atoms with van der Waals surface area (Å²) in [5, 5.41) is 0. The molecule has 0 aliphatic rings. The Balaban J connectivity index is 0. The smallest absolute Gasteiger partial charge is 2.00 e. The molecule has 1 nitrogen and oxygen atoms in total. The van der Waals surface area contributed by atoms with Crippen molar-refractivity contribution in [3.8, 4) is 0 Å². The third kappa shape index (κ3) is 8.95. The molecule has 0 bridgehead atoms. The predicted molar refractivity (Wildman–Crippen MR) is 11.8 cm³/mol. The van der Waals surface area contributed by atoms with E-state index in [0.717, 1.165) is 0 Å². The van der Waals surface area contributed by atoms with E-state index in [1.165, 1.54) is 0 Å². The van der Waals surface area contributed by atoms with Gasteiger partial charge in [0.1, 0.15) is 0 Å². The molecule has 0 aliphatic carbocycles. The summed E-state index contributed by atoms with van der Waals surface area (Å²) >= 11 is 0. The molecule has 1 radical (unpaired) electrons. The van der Waals surface area contributed by atoms with Crippen LogP contribution in [0.1, 0.15) is 0 Å². The van der Waals surface area contributed by atoms with Crippen LogP contribution in [0.3, 0.4) is 0 Å². The molecule has 4 heavy (non-hydrogen) atoms. The van der Waals surface area contributed by atoms with Gasteiger partial charge in [-0.25, -0.2) is 0 Å². The molecule has 4 heteroatoms. The molecular weight excluding hydrogens is 187 g/mol. The fourth-order valence-corrected chi connectivity index (χ4v) is 0. The number of rotatable bonds is 0. The molecule has 1 atom stereocenters. The Morgan fingerprint density at radius 2 is 1.00 bits per heavy atom. The van der Waals surface area contributed by atoms with E-state index >= 15 is 0 Å². The molecule has 0 fully saturated rings. The first-order valence-electron chi connectivity index (χ1n) is 0. The first-order chi connectivity index (χ1) is 0. The second-order valence-electron chi connectivity index (χ2n) is 0. The number of hydrogen-bond donors (Lipinski definition) is 0. The molecule has 0 saturated carbocycles. The van der Waals surface area contributed by atoms with Crippen molar-refractivity contribution in [2.24, 2.45) is 0 Å². The molecule has 0 aromatic rings. The second-order valence-corrected chi connectivity index (χ2v) is 0. The van der Waals surface area contributed by atoms with E-state index in [9.17, 15) is 0 Å². The normalized spacial score (nSPS) is 0. The van der Waals surface area contributed by atoms with Gasteiger partial charge in [0.05, 0.1) is 0 Å². The molecule has 0 aromatic heterocycles. The Labute approximate surface area is 66.0 Å². The molecule has 0 spiro atoms. The summed E-state index contributed by atoms with van der Waals surface area (Å²) in [5.74, 6) is 0. The van der Waals surface area contributed by atoms with Crippen LogP contribution in [0, 0.1) is 0 Å². The van der Waals surface area contributed by atoms with Gasteiger partial charge in [-0.15, -0.1) is 0 Å². The van der Waals surface area contributed by atoms with Crippen molar-refractivity contribution < 1.29 is 56.7 Å². The summed E-state index contributed by atoms with van der Waals surface area (Å²) in [6, 6.07) is 0. The van der Waals surface area contributed by atoms with Crippen molar-refractivity contribution in [2.75, 3.05) is 0 Å². The first-order valence-corrected chi connectivity index (χ1v) is 0. The van der Waals surface area contributed by atoms with Crippen LogP contribution in [0.25, 0.3) is 0 Å². The summed E-state index contributed by atoms with van der Waals surface area (Å²) in [6.45, 7) is 0. The van der Waals surface area contributed by atoms with E-state index in [-0.39, 0.29) is 66.6 Å². The van der Waals surface area contributed by atoms with Crippen LogP contribution < -0.4 is 0 Å². The van der Waals surface area contributed by atoms with Gasteiger partial charge in [0.15, 0.2) is 0 Å². The Morgan fingerprint density at radius 3 is 1.00 bits per heavy atom. The molecule has 0 amide bonds. The summed E-state index contributed by atoms with van der Waals surface area (Å²) in [7, 11) is 0. The van der Waals surface area contributed by atoms with E-state index in [2.05, 4.69) is 0 Å². The maximum absolute atomic E-state index is 0. The standard InChI is InChI=1S/O.H3P.V.Y/h;1H3;;/q-2;;;+3. The van der Waals surface area contributed by atoms with Gasteiger partial charge >= 0.3 is 32.7 Å². The van der Waals surface area contributed by atoms with Gasteiger partial charge in [-0.05, 0) is 0 Å². The maximum atomic E-state index is 0. The van der Waals surface area contributed by atoms with Crippen LogP contribution in [-0.2, 0) is 56.7 Å². The van der Waals surface area contributed by atoms with E-state index in [4.69, 9.17) is 0 Å². The van der Waals surface area contributed by atoms with E-state index in [0.29, 0.717) is 0 Å². The molecule has 0 saturated heterocycles. The number of hydrogen-bond acceptors (Lipinski definition) is 0. The third-order valence-electron chi connectivity index (χ3n) is 0. The molecule has 0 heterocycles. The van der Waals surface area contributed by atoms with Gasteiger partial charge < -0.3 is 5.48 Å². The molecule has 0 aliphatic heterocycles. The van der Waals surface area contributed by atoms with Crippen LogP contribution in [0.4, 0.5) is 0 Å². The molecular formula is H3OPVY+. The van der Waals surface area contributed by atoms with Crippen molar-refractivity contribution in [2.45, 2.75) is 0 Å². The minimum absolute atomic E-state index is 0. The first kappa shape index (κ1) is 36.3. The van der Waals surface area contributed by atoms with Crippen LogP contribution in [0.2, 0.25) is 0 Å². The molecule has 21 valence electrons. The zero-order chi connectivity index (χ0) is 0.